The van der Waals surface area contributed by atoms with E-state index in [-0.39, 0.29) is 11.7 Å². The Bertz CT molecular complexity index is 697. The molecule has 1 unspecified atom stereocenters. The molecule has 0 saturated carbocycles. The maximum Gasteiger partial charge on any atom is 0.220 e. The minimum absolute atomic E-state index is 0.00162. The van der Waals surface area contributed by atoms with Crippen LogP contribution in [0.2, 0.25) is 0 Å². The molecule has 1 aromatic carbocycles. The van der Waals surface area contributed by atoms with Crippen molar-refractivity contribution >= 4 is 16.9 Å². The lowest BCUT2D eigenvalue weighted by molar-refractivity contribution is -0.121. The monoisotopic (exact) mass is 334 g/mol. The van der Waals surface area contributed by atoms with Gasteiger partial charge in [-0.2, -0.15) is 0 Å². The van der Waals surface area contributed by atoms with Crippen molar-refractivity contribution in [3.8, 4) is 0 Å². The highest BCUT2D eigenvalue weighted by Crippen LogP contribution is 2.13. The molecule has 0 aliphatic carbocycles. The van der Waals surface area contributed by atoms with Gasteiger partial charge in [-0.05, 0) is 31.5 Å². The Hall–Kier alpha value is -1.99. The van der Waals surface area contributed by atoms with Gasteiger partial charge in [-0.3, -0.25) is 9.69 Å². The van der Waals surface area contributed by atoms with Crippen molar-refractivity contribution in [1.82, 2.24) is 20.2 Å². The van der Waals surface area contributed by atoms with Gasteiger partial charge in [0.15, 0.2) is 0 Å². The summed E-state index contributed by atoms with van der Waals surface area (Å²) in [4.78, 5) is 21.7. The number of hydrogen-bond acceptors (Lipinski definition) is 4. The zero-order valence-electron chi connectivity index (χ0n) is 13.8. The summed E-state index contributed by atoms with van der Waals surface area (Å²) < 4.78 is 18.5. The Morgan fingerprint density at radius 3 is 3.04 bits per heavy atom. The molecule has 1 atom stereocenters. The number of morpholine rings is 1. The van der Waals surface area contributed by atoms with E-state index >= 15 is 0 Å². The number of fused-ring (bicyclic) bond motifs is 1. The van der Waals surface area contributed by atoms with E-state index in [1.54, 1.807) is 6.07 Å². The number of ether oxygens (including phenoxy) is 1. The maximum atomic E-state index is 13.2. The second-order valence-electron chi connectivity index (χ2n) is 6.16. The van der Waals surface area contributed by atoms with Crippen molar-refractivity contribution in [1.29, 1.82) is 0 Å². The Labute approximate surface area is 140 Å². The quantitative estimate of drug-likeness (QED) is 0.845. The first-order valence-corrected chi connectivity index (χ1v) is 8.34. The van der Waals surface area contributed by atoms with Crippen LogP contribution in [0.1, 0.15) is 25.6 Å². The molecule has 1 amide bonds. The van der Waals surface area contributed by atoms with Gasteiger partial charge in [0.05, 0.1) is 30.8 Å². The van der Waals surface area contributed by atoms with Crippen molar-refractivity contribution in [2.75, 3.05) is 26.3 Å². The molecule has 2 heterocycles. The second kappa shape index (κ2) is 7.72. The molecule has 0 radical (unpaired) electrons. The lowest BCUT2D eigenvalue weighted by atomic mass is 10.1. The number of halogens is 1. The van der Waals surface area contributed by atoms with Crippen LogP contribution in [0.15, 0.2) is 18.2 Å². The molecule has 0 bridgehead atoms. The minimum atomic E-state index is -0.307. The number of nitrogens with one attached hydrogen (secondary N) is 2. The van der Waals surface area contributed by atoms with Crippen LogP contribution in [0, 0.1) is 5.82 Å². The van der Waals surface area contributed by atoms with Gasteiger partial charge in [-0.1, -0.05) is 0 Å². The molecule has 130 valence electrons. The molecule has 2 N–H and O–H groups in total. The third kappa shape index (κ3) is 4.30. The van der Waals surface area contributed by atoms with Crippen LogP contribution in [-0.4, -0.2) is 53.1 Å². The van der Waals surface area contributed by atoms with Gasteiger partial charge >= 0.3 is 0 Å². The van der Waals surface area contributed by atoms with E-state index < -0.39 is 0 Å². The zero-order chi connectivity index (χ0) is 16.9. The summed E-state index contributed by atoms with van der Waals surface area (Å²) in [6.07, 6.45) is 1.30. The van der Waals surface area contributed by atoms with Crippen molar-refractivity contribution in [2.45, 2.75) is 32.4 Å². The number of carbonyl (C=O) groups is 1. The number of H-pyrrole nitrogens is 1. The molecular formula is C17H23FN4O2. The number of carbonyl (C=O) groups excluding carboxylic acids is 1. The number of rotatable bonds is 6. The number of nitrogens with zero attached hydrogens (tertiary/aromatic N) is 2. The van der Waals surface area contributed by atoms with Crippen molar-refractivity contribution in [3.05, 3.63) is 29.8 Å². The van der Waals surface area contributed by atoms with Crippen LogP contribution in [0.3, 0.4) is 0 Å². The van der Waals surface area contributed by atoms with E-state index in [4.69, 9.17) is 4.74 Å². The predicted octanol–water partition coefficient (Wildman–Crippen LogP) is 1.82. The number of aromatic amines is 1. The van der Waals surface area contributed by atoms with Gasteiger partial charge in [0.25, 0.3) is 0 Å². The van der Waals surface area contributed by atoms with Gasteiger partial charge in [0.2, 0.25) is 5.91 Å². The number of hydrogen-bond donors (Lipinski definition) is 2. The number of imidazole rings is 1. The van der Waals surface area contributed by atoms with Gasteiger partial charge < -0.3 is 15.0 Å². The van der Waals surface area contributed by atoms with Gasteiger partial charge in [0.1, 0.15) is 11.6 Å². The summed E-state index contributed by atoms with van der Waals surface area (Å²) >= 11 is 0. The van der Waals surface area contributed by atoms with Gasteiger partial charge in [-0.25, -0.2) is 9.37 Å². The van der Waals surface area contributed by atoms with Gasteiger partial charge in [0, 0.05) is 25.6 Å². The molecule has 1 aromatic heterocycles. The fraction of sp³-hybridized carbons (Fsp3) is 0.529. The lowest BCUT2D eigenvalue weighted by Crippen LogP contribution is -2.42. The largest absolute Gasteiger partial charge is 0.379 e. The predicted molar refractivity (Wildman–Crippen MR) is 89.0 cm³/mol. The average Bonchev–Trinajstić information content (AvgIpc) is 3.00. The number of benzene rings is 1. The fourth-order valence-corrected chi connectivity index (χ4v) is 2.93. The van der Waals surface area contributed by atoms with Crippen LogP contribution < -0.4 is 5.32 Å². The van der Waals surface area contributed by atoms with Crippen LogP contribution >= 0.6 is 0 Å². The topological polar surface area (TPSA) is 70.2 Å². The van der Waals surface area contributed by atoms with Gasteiger partial charge in [-0.15, -0.1) is 0 Å². The van der Waals surface area contributed by atoms with Crippen LogP contribution in [0.4, 0.5) is 4.39 Å². The van der Waals surface area contributed by atoms with E-state index in [0.29, 0.717) is 35.9 Å². The summed E-state index contributed by atoms with van der Waals surface area (Å²) in [6, 6.07) is 4.76. The Kier molecular flexibility index (Phi) is 5.42. The first-order chi connectivity index (χ1) is 11.6. The molecule has 6 nitrogen and oxygen atoms in total. The summed E-state index contributed by atoms with van der Waals surface area (Å²) in [7, 11) is 0. The van der Waals surface area contributed by atoms with Crippen molar-refractivity contribution in [2.24, 2.45) is 0 Å². The summed E-state index contributed by atoms with van der Waals surface area (Å²) in [6.45, 7) is 5.86. The van der Waals surface area contributed by atoms with E-state index in [1.807, 2.05) is 0 Å². The molecule has 1 aliphatic rings. The highest BCUT2D eigenvalue weighted by atomic mass is 19.1. The highest BCUT2D eigenvalue weighted by molar-refractivity contribution is 5.77. The number of amides is 1. The first-order valence-electron chi connectivity index (χ1n) is 8.34. The van der Waals surface area contributed by atoms with E-state index in [0.717, 1.165) is 32.7 Å². The highest BCUT2D eigenvalue weighted by Gasteiger charge is 2.17. The van der Waals surface area contributed by atoms with Crippen molar-refractivity contribution < 1.29 is 13.9 Å². The molecule has 1 fully saturated rings. The summed E-state index contributed by atoms with van der Waals surface area (Å²) in [5.74, 6) is 0.325. The zero-order valence-corrected chi connectivity index (χ0v) is 13.8. The third-order valence-electron chi connectivity index (χ3n) is 4.40. The van der Waals surface area contributed by atoms with E-state index in [1.165, 1.54) is 12.1 Å². The molecule has 7 heteroatoms. The third-order valence-corrected chi connectivity index (χ3v) is 4.40. The summed E-state index contributed by atoms with van der Waals surface area (Å²) in [5.41, 5.74) is 1.33. The SMILES string of the molecule is CC(CCC(=O)NCc1nc2ccc(F)cc2[nH]1)N1CCOCC1. The van der Waals surface area contributed by atoms with E-state index in [2.05, 4.69) is 27.1 Å². The molecular weight excluding hydrogens is 311 g/mol. The molecule has 24 heavy (non-hydrogen) atoms. The Morgan fingerprint density at radius 1 is 1.46 bits per heavy atom. The average molecular weight is 334 g/mol. The Morgan fingerprint density at radius 2 is 2.25 bits per heavy atom. The molecule has 2 aromatic rings. The normalized spacial score (nSPS) is 17.1. The smallest absolute Gasteiger partial charge is 0.220 e. The Balaban J connectivity index is 1.44. The van der Waals surface area contributed by atoms with Crippen LogP contribution in [0.25, 0.3) is 11.0 Å². The fourth-order valence-electron chi connectivity index (χ4n) is 2.93. The molecule has 0 spiro atoms. The number of aromatic nitrogens is 2. The van der Waals surface area contributed by atoms with E-state index in [9.17, 15) is 9.18 Å². The summed E-state index contributed by atoms with van der Waals surface area (Å²) in [5, 5.41) is 2.86. The molecule has 1 saturated heterocycles. The molecule has 1 aliphatic heterocycles. The first kappa shape index (κ1) is 16.9. The molecule has 3 rings (SSSR count). The maximum absolute atomic E-state index is 13.2. The second-order valence-corrected chi connectivity index (χ2v) is 6.16. The lowest BCUT2D eigenvalue weighted by Gasteiger charge is -2.32. The van der Waals surface area contributed by atoms with Crippen molar-refractivity contribution in [3.63, 3.8) is 0 Å². The minimum Gasteiger partial charge on any atom is -0.379 e. The van der Waals surface area contributed by atoms with Crippen LogP contribution in [0.5, 0.6) is 0 Å². The van der Waals surface area contributed by atoms with Crippen LogP contribution in [-0.2, 0) is 16.1 Å². The standard InChI is InChI=1S/C17H23FN4O2/c1-12(22-6-8-24-9-7-22)2-5-17(23)19-11-16-20-14-4-3-13(18)10-15(14)21-16/h3-4,10,12H,2,5-9,11H2,1H3,(H,19,23)(H,20,21).